The van der Waals surface area contributed by atoms with E-state index in [1.54, 1.807) is 26.6 Å². The zero-order valence-electron chi connectivity index (χ0n) is 22.4. The highest BCUT2D eigenvalue weighted by atomic mass is 16.5. The lowest BCUT2D eigenvalue weighted by Gasteiger charge is -2.15. The zero-order chi connectivity index (χ0) is 26.7. The van der Waals surface area contributed by atoms with E-state index in [4.69, 9.17) is 18.6 Å². The first-order valence-corrected chi connectivity index (χ1v) is 12.2. The molecule has 1 amide bonds. The van der Waals surface area contributed by atoms with Gasteiger partial charge in [0.05, 0.1) is 27.1 Å². The molecular formula is C31H33NO5. The largest absolute Gasteiger partial charge is 0.497 e. The van der Waals surface area contributed by atoms with Gasteiger partial charge in [-0.05, 0) is 81.7 Å². The normalized spacial score (nSPS) is 11.5. The van der Waals surface area contributed by atoms with Crippen LogP contribution in [0.4, 0.5) is 5.69 Å². The maximum atomic E-state index is 13.0. The standard InChI is InChI=1S/C31H33NO5/c1-8-36-30-21(5)31-25(26(17-37-31)24-15-22(34-6)11-12-28(24)35-7)16-23(30)20(4)14-29(33)32-27-13-18(2)9-10-19(27)3/h9-17H,8H2,1-7H3,(H,32,33)/b20-14+. The van der Waals surface area contributed by atoms with Crippen molar-refractivity contribution >= 4 is 28.1 Å². The number of fused-ring (bicyclic) bond motifs is 1. The van der Waals surface area contributed by atoms with Gasteiger partial charge in [0.2, 0.25) is 5.91 Å². The van der Waals surface area contributed by atoms with Crippen molar-refractivity contribution in [2.75, 3.05) is 26.1 Å². The predicted octanol–water partition coefficient (Wildman–Crippen LogP) is 7.48. The van der Waals surface area contributed by atoms with Crippen molar-refractivity contribution in [1.82, 2.24) is 0 Å². The van der Waals surface area contributed by atoms with E-state index in [2.05, 4.69) is 5.32 Å². The second-order valence-electron chi connectivity index (χ2n) is 9.04. The molecule has 1 aromatic heterocycles. The second kappa shape index (κ2) is 10.8. The lowest BCUT2D eigenvalue weighted by atomic mass is 9.96. The van der Waals surface area contributed by atoms with Gasteiger partial charge in [0, 0.05) is 39.4 Å². The highest BCUT2D eigenvalue weighted by Crippen LogP contribution is 2.43. The van der Waals surface area contributed by atoms with Crippen LogP contribution in [0.25, 0.3) is 27.7 Å². The van der Waals surface area contributed by atoms with Gasteiger partial charge in [-0.2, -0.15) is 0 Å². The SMILES string of the molecule is CCOc1c(/C(C)=C/C(=O)Nc2cc(C)ccc2C)cc2c(-c3cc(OC)ccc3OC)coc2c1C. The van der Waals surface area contributed by atoms with Gasteiger partial charge < -0.3 is 23.9 Å². The van der Waals surface area contributed by atoms with Crippen molar-refractivity contribution in [3.8, 4) is 28.4 Å². The Balaban J connectivity index is 1.83. The number of ether oxygens (including phenoxy) is 3. The van der Waals surface area contributed by atoms with Crippen LogP contribution in [0.1, 0.15) is 36.1 Å². The topological polar surface area (TPSA) is 69.9 Å². The highest BCUT2D eigenvalue weighted by Gasteiger charge is 2.21. The van der Waals surface area contributed by atoms with Gasteiger partial charge in [0.1, 0.15) is 22.8 Å². The van der Waals surface area contributed by atoms with Crippen molar-refractivity contribution in [3.05, 3.63) is 77.1 Å². The van der Waals surface area contributed by atoms with Crippen LogP contribution in [-0.4, -0.2) is 26.7 Å². The Labute approximate surface area is 217 Å². The molecule has 4 rings (SSSR count). The van der Waals surface area contributed by atoms with Crippen molar-refractivity contribution in [2.45, 2.75) is 34.6 Å². The Hall–Kier alpha value is -4.19. The molecule has 0 fully saturated rings. The third-order valence-electron chi connectivity index (χ3n) is 6.45. The molecule has 0 spiro atoms. The summed E-state index contributed by atoms with van der Waals surface area (Å²) >= 11 is 0. The van der Waals surface area contributed by atoms with E-state index in [1.165, 1.54) is 0 Å². The number of anilines is 1. The molecule has 0 saturated carbocycles. The van der Waals surface area contributed by atoms with Crippen LogP contribution in [0.15, 0.2) is 59.2 Å². The number of amides is 1. The zero-order valence-corrected chi connectivity index (χ0v) is 22.4. The van der Waals surface area contributed by atoms with Crippen LogP contribution >= 0.6 is 0 Å². The molecule has 0 bridgehead atoms. The number of benzene rings is 3. The smallest absolute Gasteiger partial charge is 0.248 e. The summed E-state index contributed by atoms with van der Waals surface area (Å²) in [5.74, 6) is 1.92. The molecule has 0 atom stereocenters. The first kappa shape index (κ1) is 25.9. The van der Waals surface area contributed by atoms with E-state index in [1.807, 2.05) is 77.1 Å². The number of methoxy groups -OCH3 is 2. The molecule has 0 aliphatic rings. The van der Waals surface area contributed by atoms with Crippen LogP contribution in [0.3, 0.4) is 0 Å². The van der Waals surface area contributed by atoms with E-state index >= 15 is 0 Å². The lowest BCUT2D eigenvalue weighted by molar-refractivity contribution is -0.111. The molecule has 3 aromatic carbocycles. The fourth-order valence-corrected chi connectivity index (χ4v) is 4.49. The van der Waals surface area contributed by atoms with Crippen LogP contribution in [0, 0.1) is 20.8 Å². The molecule has 37 heavy (non-hydrogen) atoms. The van der Waals surface area contributed by atoms with Gasteiger partial charge in [-0.25, -0.2) is 0 Å². The number of allylic oxidation sites excluding steroid dienone is 1. The number of furan rings is 1. The third kappa shape index (κ3) is 5.19. The molecule has 6 nitrogen and oxygen atoms in total. The quantitative estimate of drug-likeness (QED) is 0.254. The minimum absolute atomic E-state index is 0.201. The third-order valence-corrected chi connectivity index (χ3v) is 6.45. The fraction of sp³-hybridized carbons (Fsp3) is 0.258. The van der Waals surface area contributed by atoms with E-state index < -0.39 is 0 Å². The van der Waals surface area contributed by atoms with E-state index in [0.717, 1.165) is 55.6 Å². The van der Waals surface area contributed by atoms with Gasteiger partial charge in [0.25, 0.3) is 0 Å². The molecule has 1 N–H and O–H groups in total. The highest BCUT2D eigenvalue weighted by molar-refractivity contribution is 6.06. The van der Waals surface area contributed by atoms with Gasteiger partial charge in [0.15, 0.2) is 0 Å². The van der Waals surface area contributed by atoms with Crippen LogP contribution in [-0.2, 0) is 4.79 Å². The van der Waals surface area contributed by atoms with Gasteiger partial charge in [-0.3, -0.25) is 4.79 Å². The Bertz CT molecular complexity index is 1500. The molecule has 0 unspecified atom stereocenters. The molecule has 0 aliphatic heterocycles. The summed E-state index contributed by atoms with van der Waals surface area (Å²) in [5.41, 5.74) is 7.80. The number of hydrogen-bond donors (Lipinski definition) is 1. The Morgan fingerprint density at radius 2 is 1.78 bits per heavy atom. The number of rotatable bonds is 8. The van der Waals surface area contributed by atoms with E-state index in [0.29, 0.717) is 23.9 Å². The van der Waals surface area contributed by atoms with Gasteiger partial charge in [-0.15, -0.1) is 0 Å². The summed E-state index contributed by atoms with van der Waals surface area (Å²) < 4.78 is 23.2. The molecule has 4 aromatic rings. The molecular weight excluding hydrogens is 466 g/mol. The maximum Gasteiger partial charge on any atom is 0.248 e. The van der Waals surface area contributed by atoms with Crippen molar-refractivity contribution < 1.29 is 23.4 Å². The first-order valence-electron chi connectivity index (χ1n) is 12.2. The molecule has 192 valence electrons. The summed E-state index contributed by atoms with van der Waals surface area (Å²) in [6.07, 6.45) is 3.33. The second-order valence-corrected chi connectivity index (χ2v) is 9.04. The Morgan fingerprint density at radius 3 is 2.49 bits per heavy atom. The van der Waals surface area contributed by atoms with E-state index in [9.17, 15) is 4.79 Å². The number of nitrogens with one attached hydrogen (secondary N) is 1. The number of hydrogen-bond acceptors (Lipinski definition) is 5. The Morgan fingerprint density at radius 1 is 1.00 bits per heavy atom. The van der Waals surface area contributed by atoms with E-state index in [-0.39, 0.29) is 5.91 Å². The Kier molecular flexibility index (Phi) is 7.58. The van der Waals surface area contributed by atoms with Gasteiger partial charge in [-0.1, -0.05) is 12.1 Å². The molecule has 0 radical (unpaired) electrons. The van der Waals surface area contributed by atoms with Crippen molar-refractivity contribution in [1.29, 1.82) is 0 Å². The number of carbonyl (C=O) groups is 1. The van der Waals surface area contributed by atoms with Gasteiger partial charge >= 0.3 is 0 Å². The molecule has 0 saturated heterocycles. The first-order chi connectivity index (χ1) is 17.8. The maximum absolute atomic E-state index is 13.0. The summed E-state index contributed by atoms with van der Waals surface area (Å²) in [7, 11) is 3.27. The molecule has 0 aliphatic carbocycles. The summed E-state index contributed by atoms with van der Waals surface area (Å²) in [5, 5.41) is 3.90. The van der Waals surface area contributed by atoms with Crippen LogP contribution in [0.2, 0.25) is 0 Å². The molecule has 6 heteroatoms. The summed E-state index contributed by atoms with van der Waals surface area (Å²) in [4.78, 5) is 13.0. The molecule has 1 heterocycles. The van der Waals surface area contributed by atoms with Crippen molar-refractivity contribution in [3.63, 3.8) is 0 Å². The fourth-order valence-electron chi connectivity index (χ4n) is 4.49. The predicted molar refractivity (Wildman–Crippen MR) is 149 cm³/mol. The average molecular weight is 500 g/mol. The monoisotopic (exact) mass is 499 g/mol. The van der Waals surface area contributed by atoms with Crippen LogP contribution < -0.4 is 19.5 Å². The summed E-state index contributed by atoms with van der Waals surface area (Å²) in [6, 6.07) is 13.7. The van der Waals surface area contributed by atoms with Crippen molar-refractivity contribution in [2.24, 2.45) is 0 Å². The lowest BCUT2D eigenvalue weighted by Crippen LogP contribution is -2.10. The minimum atomic E-state index is -0.201. The minimum Gasteiger partial charge on any atom is -0.497 e. The number of carbonyl (C=O) groups excluding carboxylic acids is 1. The average Bonchev–Trinajstić information content (AvgIpc) is 3.31. The van der Waals surface area contributed by atoms with Crippen LogP contribution in [0.5, 0.6) is 17.2 Å². The summed E-state index contributed by atoms with van der Waals surface area (Å²) in [6.45, 7) is 10.3. The number of aryl methyl sites for hydroxylation is 3.